The van der Waals surface area contributed by atoms with Gasteiger partial charge in [-0.15, -0.1) is 0 Å². The number of rotatable bonds is 5. The van der Waals surface area contributed by atoms with Crippen LogP contribution >= 0.6 is 0 Å². The van der Waals surface area contributed by atoms with Crippen LogP contribution in [0, 0.1) is 17.0 Å². The lowest BCUT2D eigenvalue weighted by Crippen LogP contribution is -2.14. The van der Waals surface area contributed by atoms with Gasteiger partial charge in [-0.3, -0.25) is 14.9 Å². The molecule has 0 aromatic heterocycles. The maximum absolute atomic E-state index is 12.2. The average molecular weight is 322 g/mol. The first-order chi connectivity index (χ1) is 10.9. The van der Waals surface area contributed by atoms with Crippen molar-refractivity contribution in [3.05, 3.63) is 63.7 Å². The van der Waals surface area contributed by atoms with Gasteiger partial charge in [0.25, 0.3) is 11.6 Å². The molecule has 2 aromatic carbocycles. The van der Waals surface area contributed by atoms with Crippen molar-refractivity contribution < 1.29 is 23.2 Å². The minimum atomic E-state index is -2.93. The Morgan fingerprint density at radius 2 is 1.87 bits per heavy atom. The van der Waals surface area contributed by atoms with Crippen molar-refractivity contribution in [3.8, 4) is 5.75 Å². The molecule has 0 saturated carbocycles. The van der Waals surface area contributed by atoms with E-state index < -0.39 is 17.4 Å². The molecule has 2 rings (SSSR count). The van der Waals surface area contributed by atoms with Gasteiger partial charge in [0.05, 0.1) is 4.92 Å². The van der Waals surface area contributed by atoms with Gasteiger partial charge in [0.15, 0.2) is 0 Å². The fraction of sp³-hybridized carbons (Fsp3) is 0.133. The lowest BCUT2D eigenvalue weighted by Gasteiger charge is -2.09. The Labute approximate surface area is 129 Å². The number of hydrogen-bond donors (Lipinski definition) is 1. The SMILES string of the molecule is Cc1c(C(=O)Nc2ccc(OC(F)F)cc2)cccc1[N+](=O)[O-]. The molecule has 0 atom stereocenters. The maximum Gasteiger partial charge on any atom is 0.387 e. The normalized spacial score (nSPS) is 10.4. The summed E-state index contributed by atoms with van der Waals surface area (Å²) in [5, 5.41) is 13.4. The largest absolute Gasteiger partial charge is 0.435 e. The van der Waals surface area contributed by atoms with Gasteiger partial charge in [-0.1, -0.05) is 6.07 Å². The van der Waals surface area contributed by atoms with Gasteiger partial charge in [0.1, 0.15) is 5.75 Å². The van der Waals surface area contributed by atoms with E-state index >= 15 is 0 Å². The number of alkyl halides is 2. The molecule has 0 aliphatic carbocycles. The van der Waals surface area contributed by atoms with Crippen LogP contribution in [0.2, 0.25) is 0 Å². The zero-order valence-corrected chi connectivity index (χ0v) is 12.0. The first kappa shape index (κ1) is 16.3. The molecule has 120 valence electrons. The highest BCUT2D eigenvalue weighted by Crippen LogP contribution is 2.23. The van der Waals surface area contributed by atoms with Crippen molar-refractivity contribution in [2.45, 2.75) is 13.5 Å². The standard InChI is InChI=1S/C15H12F2N2O4/c1-9-12(3-2-4-13(9)19(21)22)14(20)18-10-5-7-11(8-6-10)23-15(16)17/h2-8,15H,1H3,(H,18,20). The van der Waals surface area contributed by atoms with E-state index in [4.69, 9.17) is 0 Å². The van der Waals surface area contributed by atoms with E-state index in [1.165, 1.54) is 49.4 Å². The first-order valence-corrected chi connectivity index (χ1v) is 6.48. The number of carbonyl (C=O) groups excluding carboxylic acids is 1. The third-order valence-electron chi connectivity index (χ3n) is 3.08. The number of carbonyl (C=O) groups is 1. The van der Waals surface area contributed by atoms with E-state index in [1.807, 2.05) is 0 Å². The van der Waals surface area contributed by atoms with E-state index in [0.717, 1.165) is 0 Å². The van der Waals surface area contributed by atoms with E-state index in [9.17, 15) is 23.7 Å². The molecular formula is C15H12F2N2O4. The van der Waals surface area contributed by atoms with Crippen molar-refractivity contribution in [1.29, 1.82) is 0 Å². The Morgan fingerprint density at radius 3 is 2.43 bits per heavy atom. The number of nitro benzene ring substituents is 1. The predicted octanol–water partition coefficient (Wildman–Crippen LogP) is 3.76. The summed E-state index contributed by atoms with van der Waals surface area (Å²) in [5.41, 5.74) is 0.598. The Kier molecular flexibility index (Phi) is 4.85. The highest BCUT2D eigenvalue weighted by molar-refractivity contribution is 6.05. The summed E-state index contributed by atoms with van der Waals surface area (Å²) in [6, 6.07) is 9.53. The number of nitrogens with one attached hydrogen (secondary N) is 1. The molecule has 0 radical (unpaired) electrons. The molecule has 0 aliphatic rings. The van der Waals surface area contributed by atoms with Crippen molar-refractivity contribution in [1.82, 2.24) is 0 Å². The molecular weight excluding hydrogens is 310 g/mol. The summed E-state index contributed by atoms with van der Waals surface area (Å²) in [6.07, 6.45) is 0. The quantitative estimate of drug-likeness (QED) is 0.671. The fourth-order valence-electron chi connectivity index (χ4n) is 1.99. The smallest absolute Gasteiger partial charge is 0.387 e. The number of hydrogen-bond acceptors (Lipinski definition) is 4. The molecule has 0 fully saturated rings. The minimum Gasteiger partial charge on any atom is -0.435 e. The average Bonchev–Trinajstić information content (AvgIpc) is 2.48. The molecule has 0 heterocycles. The Bertz CT molecular complexity index is 733. The van der Waals surface area contributed by atoms with Crippen LogP contribution in [0.25, 0.3) is 0 Å². The number of halogens is 2. The number of nitrogens with zero attached hydrogens (tertiary/aromatic N) is 1. The zero-order chi connectivity index (χ0) is 17.0. The van der Waals surface area contributed by atoms with Crippen LogP contribution in [0.15, 0.2) is 42.5 Å². The van der Waals surface area contributed by atoms with Gasteiger partial charge in [-0.25, -0.2) is 0 Å². The molecule has 1 amide bonds. The second-order valence-electron chi connectivity index (χ2n) is 4.56. The molecule has 0 bridgehead atoms. The highest BCUT2D eigenvalue weighted by atomic mass is 19.3. The van der Waals surface area contributed by atoms with Gasteiger partial charge >= 0.3 is 6.61 Å². The van der Waals surface area contributed by atoms with Crippen molar-refractivity contribution in [2.75, 3.05) is 5.32 Å². The molecule has 0 aliphatic heterocycles. The summed E-state index contributed by atoms with van der Waals surface area (Å²) in [6.45, 7) is -1.45. The van der Waals surface area contributed by atoms with Gasteiger partial charge in [0.2, 0.25) is 0 Å². The Hall–Kier alpha value is -3.03. The molecule has 0 saturated heterocycles. The summed E-state index contributed by atoms with van der Waals surface area (Å²) in [4.78, 5) is 22.5. The molecule has 6 nitrogen and oxygen atoms in total. The van der Waals surface area contributed by atoms with Crippen LogP contribution in [0.5, 0.6) is 5.75 Å². The van der Waals surface area contributed by atoms with Crippen LogP contribution in [-0.4, -0.2) is 17.4 Å². The van der Waals surface area contributed by atoms with Crippen molar-refractivity contribution in [2.24, 2.45) is 0 Å². The maximum atomic E-state index is 12.2. The Morgan fingerprint density at radius 1 is 1.22 bits per heavy atom. The summed E-state index contributed by atoms with van der Waals surface area (Å²) in [5.74, 6) is -0.571. The number of ether oxygens (including phenoxy) is 1. The number of benzene rings is 2. The summed E-state index contributed by atoms with van der Waals surface area (Å²) in [7, 11) is 0. The summed E-state index contributed by atoms with van der Waals surface area (Å²) >= 11 is 0. The van der Waals surface area contributed by atoms with Crippen LogP contribution < -0.4 is 10.1 Å². The fourth-order valence-corrected chi connectivity index (χ4v) is 1.99. The second-order valence-corrected chi connectivity index (χ2v) is 4.56. The van der Waals surface area contributed by atoms with Crippen LogP contribution in [0.3, 0.4) is 0 Å². The first-order valence-electron chi connectivity index (χ1n) is 6.48. The zero-order valence-electron chi connectivity index (χ0n) is 12.0. The van der Waals surface area contributed by atoms with Crippen LogP contribution in [0.4, 0.5) is 20.2 Å². The van der Waals surface area contributed by atoms with Crippen molar-refractivity contribution >= 4 is 17.3 Å². The summed E-state index contributed by atoms with van der Waals surface area (Å²) < 4.78 is 28.3. The lowest BCUT2D eigenvalue weighted by atomic mass is 10.1. The third kappa shape index (κ3) is 4.00. The third-order valence-corrected chi connectivity index (χ3v) is 3.08. The minimum absolute atomic E-state index is 0.0375. The second kappa shape index (κ2) is 6.82. The lowest BCUT2D eigenvalue weighted by molar-refractivity contribution is -0.385. The predicted molar refractivity (Wildman–Crippen MR) is 78.9 cm³/mol. The number of anilines is 1. The van der Waals surface area contributed by atoms with Gasteiger partial charge in [0, 0.05) is 22.9 Å². The highest BCUT2D eigenvalue weighted by Gasteiger charge is 2.18. The Balaban J connectivity index is 2.16. The van der Waals surface area contributed by atoms with Gasteiger partial charge in [-0.2, -0.15) is 8.78 Å². The van der Waals surface area contributed by atoms with Crippen LogP contribution in [-0.2, 0) is 0 Å². The van der Waals surface area contributed by atoms with E-state index in [0.29, 0.717) is 5.69 Å². The molecule has 23 heavy (non-hydrogen) atoms. The van der Waals surface area contributed by atoms with Gasteiger partial charge in [-0.05, 0) is 37.3 Å². The molecule has 8 heteroatoms. The van der Waals surface area contributed by atoms with E-state index in [1.54, 1.807) is 0 Å². The van der Waals surface area contributed by atoms with E-state index in [-0.39, 0.29) is 22.6 Å². The molecule has 1 N–H and O–H groups in total. The number of amides is 1. The van der Waals surface area contributed by atoms with Crippen molar-refractivity contribution in [3.63, 3.8) is 0 Å². The molecule has 2 aromatic rings. The van der Waals surface area contributed by atoms with E-state index in [2.05, 4.69) is 10.1 Å². The monoisotopic (exact) mass is 322 g/mol. The topological polar surface area (TPSA) is 81.5 Å². The van der Waals surface area contributed by atoms with Gasteiger partial charge < -0.3 is 10.1 Å². The number of nitro groups is 1. The van der Waals surface area contributed by atoms with Crippen LogP contribution in [0.1, 0.15) is 15.9 Å². The molecule has 0 unspecified atom stereocenters. The molecule has 0 spiro atoms.